The molecule has 41 heavy (non-hydrogen) atoms. The second-order valence-corrected chi connectivity index (χ2v) is 11.4. The molecule has 0 amide bonds. The summed E-state index contributed by atoms with van der Waals surface area (Å²) in [5.74, 6) is 1.47. The summed E-state index contributed by atoms with van der Waals surface area (Å²) in [4.78, 5) is 14.8. The van der Waals surface area contributed by atoms with E-state index in [1.807, 2.05) is 69.4 Å². The van der Waals surface area contributed by atoms with Crippen molar-refractivity contribution in [2.75, 3.05) is 25.2 Å². The van der Waals surface area contributed by atoms with Crippen LogP contribution in [-0.4, -0.2) is 32.3 Å². The molecule has 1 aliphatic rings. The number of esters is 1. The molecule has 3 aromatic rings. The number of para-hydroxylation sites is 1. The van der Waals surface area contributed by atoms with Gasteiger partial charge in [-0.05, 0) is 37.3 Å². The smallest absolute Gasteiger partial charge is 0.416 e. The van der Waals surface area contributed by atoms with Gasteiger partial charge >= 0.3 is 12.1 Å². The number of alkyl halides is 3. The van der Waals surface area contributed by atoms with Gasteiger partial charge in [0.15, 0.2) is 0 Å². The standard InChI is InChI=1S/C32H34F3NO4S/c1-5-38-30(37)20-39-29-16-15-26(18-31(29,2)3)41-21-23-17-27(22-11-13-24(14-12-22)32(33,34)35)40-28(23)19-36(4)25-9-7-6-8-10-25/h6-18,29H,5,19-21H2,1-4H3. The number of rotatable bonds is 11. The van der Waals surface area contributed by atoms with Crippen LogP contribution in [0.25, 0.3) is 11.3 Å². The molecule has 1 heterocycles. The van der Waals surface area contributed by atoms with E-state index in [4.69, 9.17) is 13.9 Å². The van der Waals surface area contributed by atoms with E-state index in [1.165, 1.54) is 12.1 Å². The lowest BCUT2D eigenvalue weighted by Gasteiger charge is -2.32. The van der Waals surface area contributed by atoms with Crippen molar-refractivity contribution in [3.05, 3.63) is 101 Å². The van der Waals surface area contributed by atoms with E-state index in [1.54, 1.807) is 18.7 Å². The Balaban J connectivity index is 1.52. The Morgan fingerprint density at radius 3 is 2.44 bits per heavy atom. The highest BCUT2D eigenvalue weighted by Crippen LogP contribution is 2.39. The van der Waals surface area contributed by atoms with Gasteiger partial charge in [0.2, 0.25) is 0 Å². The molecule has 0 N–H and O–H groups in total. The fourth-order valence-electron chi connectivity index (χ4n) is 4.49. The Morgan fingerprint density at radius 2 is 1.80 bits per heavy atom. The third kappa shape index (κ3) is 8.07. The number of nitrogens with zero attached hydrogens (tertiary/aromatic N) is 1. The largest absolute Gasteiger partial charge is 0.464 e. The number of halogens is 3. The van der Waals surface area contributed by atoms with Gasteiger partial charge in [0.25, 0.3) is 0 Å². The molecular weight excluding hydrogens is 551 g/mol. The van der Waals surface area contributed by atoms with Crippen LogP contribution >= 0.6 is 11.8 Å². The zero-order valence-corrected chi connectivity index (χ0v) is 24.4. The van der Waals surface area contributed by atoms with Gasteiger partial charge in [0.1, 0.15) is 18.1 Å². The molecular formula is C32H34F3NO4S. The van der Waals surface area contributed by atoms with E-state index in [0.717, 1.165) is 34.0 Å². The molecule has 0 fully saturated rings. The van der Waals surface area contributed by atoms with Crippen LogP contribution in [0.2, 0.25) is 0 Å². The van der Waals surface area contributed by atoms with Crippen molar-refractivity contribution in [3.8, 4) is 11.3 Å². The lowest BCUT2D eigenvalue weighted by molar-refractivity contribution is -0.151. The molecule has 0 spiro atoms. The van der Waals surface area contributed by atoms with Crippen LogP contribution in [0.1, 0.15) is 37.7 Å². The molecule has 5 nitrogen and oxygen atoms in total. The number of allylic oxidation sites excluding steroid dienone is 1. The highest BCUT2D eigenvalue weighted by atomic mass is 32.2. The van der Waals surface area contributed by atoms with E-state index in [2.05, 4.69) is 11.0 Å². The molecule has 2 aromatic carbocycles. The van der Waals surface area contributed by atoms with Gasteiger partial charge in [-0.15, -0.1) is 11.8 Å². The van der Waals surface area contributed by atoms with Crippen LogP contribution in [0.15, 0.2) is 88.2 Å². The Hall–Kier alpha value is -3.43. The van der Waals surface area contributed by atoms with Crippen molar-refractivity contribution in [1.29, 1.82) is 0 Å². The number of hydrogen-bond acceptors (Lipinski definition) is 6. The molecule has 0 saturated heterocycles. The van der Waals surface area contributed by atoms with E-state index < -0.39 is 17.7 Å². The van der Waals surface area contributed by atoms with Crippen molar-refractivity contribution in [3.63, 3.8) is 0 Å². The first-order valence-electron chi connectivity index (χ1n) is 13.3. The molecule has 0 radical (unpaired) electrons. The zero-order chi connectivity index (χ0) is 29.6. The maximum atomic E-state index is 13.1. The first-order valence-corrected chi connectivity index (χ1v) is 14.3. The summed E-state index contributed by atoms with van der Waals surface area (Å²) in [6.07, 6.45) is 1.39. The third-order valence-electron chi connectivity index (χ3n) is 6.73. The SMILES string of the molecule is CCOC(=O)COC1C=CC(SCc2cc(-c3ccc(C(F)(F)F)cc3)oc2CN(C)c2ccccc2)=CC1(C)C. The molecule has 4 rings (SSSR count). The van der Waals surface area contributed by atoms with Crippen molar-refractivity contribution in [1.82, 2.24) is 0 Å². The monoisotopic (exact) mass is 585 g/mol. The first-order chi connectivity index (χ1) is 19.5. The molecule has 9 heteroatoms. The number of benzene rings is 2. The number of carbonyl (C=O) groups is 1. The van der Waals surface area contributed by atoms with E-state index in [-0.39, 0.29) is 18.1 Å². The Bertz CT molecular complexity index is 1380. The number of hydrogen-bond donors (Lipinski definition) is 0. The number of thioether (sulfide) groups is 1. The number of anilines is 1. The summed E-state index contributed by atoms with van der Waals surface area (Å²) < 4.78 is 56.3. The topological polar surface area (TPSA) is 51.9 Å². The fraction of sp³-hybridized carbons (Fsp3) is 0.344. The van der Waals surface area contributed by atoms with Crippen LogP contribution in [0.3, 0.4) is 0 Å². The Morgan fingerprint density at radius 1 is 1.10 bits per heavy atom. The van der Waals surface area contributed by atoms with E-state index in [0.29, 0.717) is 30.2 Å². The zero-order valence-electron chi connectivity index (χ0n) is 23.5. The van der Waals surface area contributed by atoms with Gasteiger partial charge < -0.3 is 18.8 Å². The normalized spacial score (nSPS) is 16.4. The van der Waals surface area contributed by atoms with Crippen LogP contribution in [0, 0.1) is 5.41 Å². The minimum Gasteiger partial charge on any atom is -0.464 e. The third-order valence-corrected chi connectivity index (χ3v) is 7.78. The van der Waals surface area contributed by atoms with Gasteiger partial charge in [-0.25, -0.2) is 4.79 Å². The number of carbonyl (C=O) groups excluding carboxylic acids is 1. The summed E-state index contributed by atoms with van der Waals surface area (Å²) in [6.45, 7) is 6.55. The second-order valence-electron chi connectivity index (χ2n) is 10.4. The predicted molar refractivity (Wildman–Crippen MR) is 156 cm³/mol. The maximum absolute atomic E-state index is 13.1. The molecule has 1 unspecified atom stereocenters. The molecule has 1 aromatic heterocycles. The summed E-state index contributed by atoms with van der Waals surface area (Å²) in [6, 6.07) is 16.8. The van der Waals surface area contributed by atoms with Gasteiger partial charge in [-0.2, -0.15) is 13.2 Å². The van der Waals surface area contributed by atoms with Gasteiger partial charge in [0, 0.05) is 39.9 Å². The maximum Gasteiger partial charge on any atom is 0.416 e. The number of furan rings is 1. The van der Waals surface area contributed by atoms with Crippen LogP contribution in [0.5, 0.6) is 0 Å². The van der Waals surface area contributed by atoms with E-state index in [9.17, 15) is 18.0 Å². The molecule has 0 bridgehead atoms. The first kappa shape index (κ1) is 30.5. The van der Waals surface area contributed by atoms with Crippen LogP contribution < -0.4 is 4.90 Å². The van der Waals surface area contributed by atoms with Crippen molar-refractivity contribution in [2.45, 2.75) is 45.3 Å². The van der Waals surface area contributed by atoms with Crippen molar-refractivity contribution >= 4 is 23.4 Å². The lowest BCUT2D eigenvalue weighted by Crippen LogP contribution is -2.32. The second kappa shape index (κ2) is 13.0. The summed E-state index contributed by atoms with van der Waals surface area (Å²) in [7, 11) is 1.97. The summed E-state index contributed by atoms with van der Waals surface area (Å²) >= 11 is 1.64. The van der Waals surface area contributed by atoms with Crippen molar-refractivity contribution < 1.29 is 31.9 Å². The fourth-order valence-corrected chi connectivity index (χ4v) is 5.61. The Kier molecular flexibility index (Phi) is 9.71. The highest BCUT2D eigenvalue weighted by Gasteiger charge is 2.31. The van der Waals surface area contributed by atoms with Gasteiger partial charge in [-0.1, -0.05) is 62.4 Å². The van der Waals surface area contributed by atoms with Crippen molar-refractivity contribution in [2.24, 2.45) is 5.41 Å². The lowest BCUT2D eigenvalue weighted by atomic mass is 9.83. The highest BCUT2D eigenvalue weighted by molar-refractivity contribution is 8.02. The average Bonchev–Trinajstić information content (AvgIpc) is 3.33. The summed E-state index contributed by atoms with van der Waals surface area (Å²) in [5.41, 5.74) is 1.52. The predicted octanol–water partition coefficient (Wildman–Crippen LogP) is 8.26. The molecule has 218 valence electrons. The van der Waals surface area contributed by atoms with Crippen LogP contribution in [0.4, 0.5) is 18.9 Å². The quantitative estimate of drug-likeness (QED) is 0.211. The van der Waals surface area contributed by atoms with Gasteiger partial charge in [0.05, 0.1) is 24.8 Å². The molecule has 0 aliphatic heterocycles. The van der Waals surface area contributed by atoms with Gasteiger partial charge in [-0.3, -0.25) is 0 Å². The minimum absolute atomic E-state index is 0.109. The Labute approximate surface area is 243 Å². The summed E-state index contributed by atoms with van der Waals surface area (Å²) in [5, 5.41) is 0. The van der Waals surface area contributed by atoms with E-state index >= 15 is 0 Å². The molecule has 1 aliphatic carbocycles. The number of ether oxygens (including phenoxy) is 2. The molecule has 0 saturated carbocycles. The average molecular weight is 586 g/mol. The van der Waals surface area contributed by atoms with Crippen LogP contribution in [-0.2, 0) is 32.7 Å². The minimum atomic E-state index is -4.40. The molecule has 1 atom stereocenters.